The Morgan fingerprint density at radius 2 is 2.00 bits per heavy atom. The van der Waals surface area contributed by atoms with Gasteiger partial charge in [0.1, 0.15) is 5.69 Å². The zero-order valence-electron chi connectivity index (χ0n) is 8.80. The molecular weight excluding hydrogens is 204 g/mol. The van der Waals surface area contributed by atoms with Crippen LogP contribution >= 0.6 is 0 Å². The molecule has 80 valence electrons. The third-order valence-electron chi connectivity index (χ3n) is 2.48. The molecule has 0 aliphatic heterocycles. The largest absolute Gasteiger partial charge is 0.313 e. The number of benzene rings is 1. The molecule has 0 bridgehead atoms. The number of fused-ring (bicyclic) bond motifs is 1. The van der Waals surface area contributed by atoms with E-state index in [1.54, 1.807) is 24.4 Å². The Kier molecular flexibility index (Phi) is 2.66. The monoisotopic (exact) mass is 214 g/mol. The summed E-state index contributed by atoms with van der Waals surface area (Å²) in [5.41, 5.74) is 0.412. The average Bonchev–Trinajstić information content (AvgIpc) is 2.33. The molecule has 0 atom stereocenters. The maximum Gasteiger partial charge on any atom is 0.258 e. The van der Waals surface area contributed by atoms with E-state index in [2.05, 4.69) is 4.99 Å². The van der Waals surface area contributed by atoms with E-state index in [4.69, 9.17) is 0 Å². The molecule has 2 aromatic rings. The summed E-state index contributed by atoms with van der Waals surface area (Å²) in [6.07, 6.45) is 3.09. The number of rotatable bonds is 2. The van der Waals surface area contributed by atoms with Gasteiger partial charge in [-0.2, -0.15) is 4.99 Å². The first-order valence-electron chi connectivity index (χ1n) is 4.98. The topological polar surface area (TPSA) is 51.4 Å². The number of isocyanates is 1. The van der Waals surface area contributed by atoms with Crippen LogP contribution < -0.4 is 5.56 Å². The highest BCUT2D eigenvalue weighted by atomic mass is 16.1. The smallest absolute Gasteiger partial charge is 0.258 e. The number of aromatic nitrogens is 1. The first kappa shape index (κ1) is 10.3. The fraction of sp³-hybridized carbons (Fsp3) is 0.167. The van der Waals surface area contributed by atoms with E-state index in [9.17, 15) is 9.59 Å². The highest BCUT2D eigenvalue weighted by molar-refractivity contribution is 5.92. The van der Waals surface area contributed by atoms with Gasteiger partial charge < -0.3 is 4.57 Å². The van der Waals surface area contributed by atoms with Crippen molar-refractivity contribution in [2.24, 2.45) is 4.99 Å². The van der Waals surface area contributed by atoms with Crippen LogP contribution in [0.3, 0.4) is 0 Å². The fourth-order valence-corrected chi connectivity index (χ4v) is 1.70. The molecular formula is C12H10N2O2. The summed E-state index contributed by atoms with van der Waals surface area (Å²) in [6, 6.07) is 7.10. The minimum absolute atomic E-state index is 0.0667. The molecule has 0 saturated heterocycles. The molecule has 0 amide bonds. The Bertz CT molecular complexity index is 637. The lowest BCUT2D eigenvalue weighted by molar-refractivity contribution is 0.565. The third-order valence-corrected chi connectivity index (χ3v) is 2.48. The Morgan fingerprint density at radius 1 is 1.31 bits per heavy atom. The van der Waals surface area contributed by atoms with Gasteiger partial charge in [0, 0.05) is 23.5 Å². The molecule has 2 rings (SSSR count). The van der Waals surface area contributed by atoms with Crippen LogP contribution in [0.1, 0.15) is 6.92 Å². The number of pyridine rings is 1. The second-order valence-corrected chi connectivity index (χ2v) is 3.35. The van der Waals surface area contributed by atoms with Gasteiger partial charge in [-0.3, -0.25) is 4.79 Å². The number of aryl methyl sites for hydroxylation is 1. The second-order valence-electron chi connectivity index (χ2n) is 3.35. The van der Waals surface area contributed by atoms with Crippen LogP contribution in [0.2, 0.25) is 0 Å². The van der Waals surface area contributed by atoms with Crippen molar-refractivity contribution in [2.75, 3.05) is 0 Å². The van der Waals surface area contributed by atoms with Crippen molar-refractivity contribution in [3.63, 3.8) is 0 Å². The van der Waals surface area contributed by atoms with E-state index in [-0.39, 0.29) is 5.56 Å². The van der Waals surface area contributed by atoms with Crippen molar-refractivity contribution in [1.29, 1.82) is 0 Å². The lowest BCUT2D eigenvalue weighted by Gasteiger charge is -2.06. The number of hydrogen-bond acceptors (Lipinski definition) is 3. The highest BCUT2D eigenvalue weighted by Crippen LogP contribution is 2.22. The van der Waals surface area contributed by atoms with Crippen LogP contribution in [-0.4, -0.2) is 10.6 Å². The van der Waals surface area contributed by atoms with Gasteiger partial charge in [0.25, 0.3) is 5.56 Å². The summed E-state index contributed by atoms with van der Waals surface area (Å²) in [7, 11) is 0. The first-order valence-corrected chi connectivity index (χ1v) is 4.98. The fourth-order valence-electron chi connectivity index (χ4n) is 1.70. The highest BCUT2D eigenvalue weighted by Gasteiger charge is 2.06. The molecule has 1 heterocycles. The van der Waals surface area contributed by atoms with E-state index in [1.165, 1.54) is 10.6 Å². The van der Waals surface area contributed by atoms with Crippen LogP contribution in [-0.2, 0) is 11.3 Å². The maximum absolute atomic E-state index is 11.9. The van der Waals surface area contributed by atoms with Crippen molar-refractivity contribution < 1.29 is 4.79 Å². The molecule has 4 nitrogen and oxygen atoms in total. The summed E-state index contributed by atoms with van der Waals surface area (Å²) >= 11 is 0. The summed E-state index contributed by atoms with van der Waals surface area (Å²) in [5.74, 6) is 0. The summed E-state index contributed by atoms with van der Waals surface area (Å²) in [4.78, 5) is 25.9. The maximum atomic E-state index is 11.9. The molecule has 16 heavy (non-hydrogen) atoms. The van der Waals surface area contributed by atoms with Crippen molar-refractivity contribution in [3.8, 4) is 0 Å². The Hall–Kier alpha value is -2.19. The Labute approximate surface area is 91.9 Å². The summed E-state index contributed by atoms with van der Waals surface area (Å²) < 4.78 is 1.53. The number of aliphatic imine (C=N–C) groups is 1. The molecule has 0 aliphatic carbocycles. The van der Waals surface area contributed by atoms with Gasteiger partial charge in [0.15, 0.2) is 0 Å². The van der Waals surface area contributed by atoms with Gasteiger partial charge in [-0.15, -0.1) is 0 Å². The zero-order chi connectivity index (χ0) is 11.5. The predicted molar refractivity (Wildman–Crippen MR) is 61.7 cm³/mol. The molecule has 1 aromatic heterocycles. The van der Waals surface area contributed by atoms with Crippen molar-refractivity contribution >= 4 is 22.5 Å². The van der Waals surface area contributed by atoms with E-state index >= 15 is 0 Å². The van der Waals surface area contributed by atoms with Crippen LogP contribution in [0, 0.1) is 0 Å². The minimum atomic E-state index is -0.0667. The van der Waals surface area contributed by atoms with E-state index in [1.807, 2.05) is 13.0 Å². The van der Waals surface area contributed by atoms with Crippen molar-refractivity contribution in [3.05, 3.63) is 40.8 Å². The van der Waals surface area contributed by atoms with Crippen LogP contribution in [0.5, 0.6) is 0 Å². The van der Waals surface area contributed by atoms with Gasteiger partial charge in [-0.25, -0.2) is 4.79 Å². The molecule has 0 aliphatic rings. The van der Waals surface area contributed by atoms with E-state index < -0.39 is 0 Å². The normalized spacial score (nSPS) is 10.1. The van der Waals surface area contributed by atoms with Gasteiger partial charge in [0.05, 0.1) is 0 Å². The molecule has 0 spiro atoms. The average molecular weight is 214 g/mol. The van der Waals surface area contributed by atoms with Gasteiger partial charge in [-0.1, -0.05) is 18.2 Å². The van der Waals surface area contributed by atoms with E-state index in [0.29, 0.717) is 23.0 Å². The number of carbonyl (C=O) groups excluding carboxylic acids is 1. The van der Waals surface area contributed by atoms with Gasteiger partial charge in [0.2, 0.25) is 6.08 Å². The zero-order valence-corrected chi connectivity index (χ0v) is 8.80. The molecule has 0 radical (unpaired) electrons. The van der Waals surface area contributed by atoms with Gasteiger partial charge >= 0.3 is 0 Å². The molecule has 1 aromatic carbocycles. The minimum Gasteiger partial charge on any atom is -0.313 e. The molecule has 4 heteroatoms. The lowest BCUT2D eigenvalue weighted by atomic mass is 10.1. The standard InChI is InChI=1S/C12H10N2O2/c1-2-14-7-11(13-8-15)9-5-3-4-6-10(9)12(14)16/h3-7H,2H2,1H3. The predicted octanol–water partition coefficient (Wildman–Crippen LogP) is 1.99. The van der Waals surface area contributed by atoms with E-state index in [0.717, 1.165) is 0 Å². The number of hydrogen-bond donors (Lipinski definition) is 0. The molecule has 0 saturated carbocycles. The lowest BCUT2D eigenvalue weighted by Crippen LogP contribution is -2.18. The molecule has 0 unspecified atom stereocenters. The summed E-state index contributed by atoms with van der Waals surface area (Å²) in [5, 5.41) is 1.25. The third kappa shape index (κ3) is 1.55. The molecule has 0 N–H and O–H groups in total. The van der Waals surface area contributed by atoms with Gasteiger partial charge in [-0.05, 0) is 13.0 Å². The number of nitrogens with zero attached hydrogens (tertiary/aromatic N) is 2. The second kappa shape index (κ2) is 4.13. The Balaban J connectivity index is 2.95. The van der Waals surface area contributed by atoms with Crippen LogP contribution in [0.4, 0.5) is 5.69 Å². The first-order chi connectivity index (χ1) is 7.77. The van der Waals surface area contributed by atoms with Crippen molar-refractivity contribution in [1.82, 2.24) is 4.57 Å². The van der Waals surface area contributed by atoms with Crippen molar-refractivity contribution in [2.45, 2.75) is 13.5 Å². The van der Waals surface area contributed by atoms with Crippen LogP contribution in [0.15, 0.2) is 40.2 Å². The summed E-state index contributed by atoms with van der Waals surface area (Å²) in [6.45, 7) is 2.41. The van der Waals surface area contributed by atoms with Crippen LogP contribution in [0.25, 0.3) is 10.8 Å². The molecule has 0 fully saturated rings. The SMILES string of the molecule is CCn1cc(N=C=O)c2ccccc2c1=O. The Morgan fingerprint density at radius 3 is 2.62 bits per heavy atom. The quantitative estimate of drug-likeness (QED) is 0.567.